The van der Waals surface area contributed by atoms with E-state index in [1.165, 1.54) is 13.2 Å². The van der Waals surface area contributed by atoms with Crippen molar-refractivity contribution in [2.75, 3.05) is 7.11 Å². The van der Waals surface area contributed by atoms with Gasteiger partial charge in [-0.05, 0) is 34.4 Å². The van der Waals surface area contributed by atoms with Gasteiger partial charge in [0.1, 0.15) is 5.75 Å². The van der Waals surface area contributed by atoms with E-state index >= 15 is 0 Å². The Balaban J connectivity index is 1.53. The van der Waals surface area contributed by atoms with E-state index in [0.29, 0.717) is 12.0 Å². The van der Waals surface area contributed by atoms with Crippen LogP contribution < -0.4 is 9.46 Å². The van der Waals surface area contributed by atoms with Crippen molar-refractivity contribution in [3.63, 3.8) is 0 Å². The monoisotopic (exact) mass is 449 g/mol. The first-order valence-corrected chi connectivity index (χ1v) is 11.0. The molecule has 2 aliphatic rings. The molecule has 0 bridgehead atoms. The van der Waals surface area contributed by atoms with Gasteiger partial charge in [-0.25, -0.2) is 14.2 Å². The zero-order valence-corrected chi connectivity index (χ0v) is 17.8. The molecule has 162 valence electrons. The van der Waals surface area contributed by atoms with E-state index in [0.717, 1.165) is 27.8 Å². The number of hydrogen-bond donors (Lipinski definition) is 3. The van der Waals surface area contributed by atoms with Crippen molar-refractivity contribution in [3.8, 4) is 22.9 Å². The summed E-state index contributed by atoms with van der Waals surface area (Å²) in [6, 6.07) is 11.1. The summed E-state index contributed by atoms with van der Waals surface area (Å²) in [6.07, 6.45) is 4.35. The van der Waals surface area contributed by atoms with Crippen LogP contribution in [0.4, 0.5) is 0 Å². The van der Waals surface area contributed by atoms with E-state index in [9.17, 15) is 19.2 Å². The standard InChI is InChI=1S/C23H19N3O5S/c1-31-23-24-10-13(11-25-23)14-3-2-4-15-17(14)8-19(28)22(15)12-5-6-16(18(27)7-12)20-9-21(29)26-32(20)30/h2-7,9-11,19,22,27-28H,8H2,1H3,(H,26,29)/t19-,22?,32?/m1/s1. The fourth-order valence-electron chi connectivity index (χ4n) is 4.37. The van der Waals surface area contributed by atoms with Crippen LogP contribution in [0, 0.1) is 0 Å². The van der Waals surface area contributed by atoms with Crippen LogP contribution in [0.25, 0.3) is 16.0 Å². The maximum absolute atomic E-state index is 12.0. The molecule has 1 amide bonds. The van der Waals surface area contributed by atoms with E-state index in [4.69, 9.17) is 4.74 Å². The summed E-state index contributed by atoms with van der Waals surface area (Å²) in [4.78, 5) is 20.1. The number of rotatable bonds is 4. The van der Waals surface area contributed by atoms with Gasteiger partial charge in [0.15, 0.2) is 11.0 Å². The third kappa shape index (κ3) is 3.35. The first kappa shape index (κ1) is 20.3. The van der Waals surface area contributed by atoms with Crippen LogP contribution >= 0.6 is 0 Å². The first-order valence-electron chi connectivity index (χ1n) is 9.90. The molecule has 0 saturated carbocycles. The number of hydrogen-bond acceptors (Lipinski definition) is 7. The molecule has 0 fully saturated rings. The number of aliphatic hydroxyl groups is 1. The summed E-state index contributed by atoms with van der Waals surface area (Å²) in [5, 5.41) is 21.5. The van der Waals surface area contributed by atoms with Gasteiger partial charge in [-0.15, -0.1) is 0 Å². The van der Waals surface area contributed by atoms with Crippen molar-refractivity contribution in [2.45, 2.75) is 18.4 Å². The van der Waals surface area contributed by atoms with Crippen LogP contribution in [0.3, 0.4) is 0 Å². The molecule has 3 atom stereocenters. The molecule has 32 heavy (non-hydrogen) atoms. The van der Waals surface area contributed by atoms with Crippen LogP contribution in [0.2, 0.25) is 0 Å². The third-order valence-electron chi connectivity index (χ3n) is 5.77. The normalized spacial score (nSPS) is 21.8. The fraction of sp³-hybridized carbons (Fsp3) is 0.174. The molecule has 0 spiro atoms. The van der Waals surface area contributed by atoms with Gasteiger partial charge >= 0.3 is 6.01 Å². The van der Waals surface area contributed by atoms with Gasteiger partial charge in [0.2, 0.25) is 0 Å². The van der Waals surface area contributed by atoms with Gasteiger partial charge < -0.3 is 14.9 Å². The maximum atomic E-state index is 12.0. The number of phenolic OH excluding ortho intramolecular Hbond substituents is 1. The Morgan fingerprint density at radius 1 is 1.16 bits per heavy atom. The highest BCUT2D eigenvalue weighted by atomic mass is 32.2. The van der Waals surface area contributed by atoms with Crippen LogP contribution in [0.5, 0.6) is 11.8 Å². The van der Waals surface area contributed by atoms with Crippen molar-refractivity contribution in [2.24, 2.45) is 0 Å². The Kier molecular flexibility index (Phi) is 4.99. The number of carbonyl (C=O) groups is 1. The van der Waals surface area contributed by atoms with Crippen molar-refractivity contribution in [1.82, 2.24) is 14.7 Å². The molecule has 1 aliphatic heterocycles. The van der Waals surface area contributed by atoms with E-state index in [2.05, 4.69) is 14.7 Å². The molecule has 3 aromatic rings. The highest BCUT2D eigenvalue weighted by Crippen LogP contribution is 2.44. The number of aromatic nitrogens is 2. The largest absolute Gasteiger partial charge is 0.507 e. The fourth-order valence-corrected chi connectivity index (χ4v) is 5.31. The molecule has 9 heteroatoms. The Labute approximate surface area is 186 Å². The summed E-state index contributed by atoms with van der Waals surface area (Å²) in [7, 11) is -0.193. The van der Waals surface area contributed by atoms with Crippen LogP contribution in [0.1, 0.15) is 28.2 Å². The lowest BCUT2D eigenvalue weighted by atomic mass is 9.89. The SMILES string of the molecule is COc1ncc(-c2cccc3c2C[C@@H](O)C3c2ccc(C3=CC(=O)NS3=O)c(O)c2)cn1. The minimum Gasteiger partial charge on any atom is -0.507 e. The van der Waals surface area contributed by atoms with Crippen LogP contribution in [-0.4, -0.2) is 43.5 Å². The van der Waals surface area contributed by atoms with Crippen molar-refractivity contribution < 1.29 is 24.0 Å². The lowest BCUT2D eigenvalue weighted by Gasteiger charge is -2.18. The molecule has 0 radical (unpaired) electrons. The number of fused-ring (bicyclic) bond motifs is 1. The topological polar surface area (TPSA) is 122 Å². The second-order valence-corrected chi connectivity index (χ2v) is 8.78. The molecule has 8 nitrogen and oxygen atoms in total. The molecule has 5 rings (SSSR count). The van der Waals surface area contributed by atoms with Gasteiger partial charge in [0, 0.05) is 41.9 Å². The second kappa shape index (κ2) is 7.85. The molecule has 1 aromatic heterocycles. The molecule has 2 unspecified atom stereocenters. The number of methoxy groups -OCH3 is 1. The van der Waals surface area contributed by atoms with Gasteiger partial charge in [0.25, 0.3) is 5.91 Å². The number of amides is 1. The molecule has 3 N–H and O–H groups in total. The number of aromatic hydroxyl groups is 1. The number of nitrogens with zero attached hydrogens (tertiary/aromatic N) is 2. The number of aliphatic hydroxyl groups excluding tert-OH is 1. The lowest BCUT2D eigenvalue weighted by Crippen LogP contribution is -2.16. The average Bonchev–Trinajstić information content (AvgIpc) is 3.30. The van der Waals surface area contributed by atoms with E-state index in [1.807, 2.05) is 18.2 Å². The van der Waals surface area contributed by atoms with Crippen molar-refractivity contribution in [3.05, 3.63) is 77.1 Å². The highest BCUT2D eigenvalue weighted by molar-refractivity contribution is 7.94. The molecular formula is C23H19N3O5S. The number of nitrogens with one attached hydrogen (secondary N) is 1. The van der Waals surface area contributed by atoms with Gasteiger partial charge in [0.05, 0.1) is 18.1 Å². The van der Waals surface area contributed by atoms with E-state index in [1.54, 1.807) is 30.6 Å². The van der Waals surface area contributed by atoms with E-state index in [-0.39, 0.29) is 22.6 Å². The summed E-state index contributed by atoms with van der Waals surface area (Å²) in [5.74, 6) is -0.900. The second-order valence-electron chi connectivity index (χ2n) is 7.60. The molecule has 2 aromatic carbocycles. The van der Waals surface area contributed by atoms with Crippen LogP contribution in [0.15, 0.2) is 54.9 Å². The zero-order chi connectivity index (χ0) is 22.4. The predicted octanol–water partition coefficient (Wildman–Crippen LogP) is 2.04. The molecule has 0 saturated heterocycles. The summed E-state index contributed by atoms with van der Waals surface area (Å²) in [5.41, 5.74) is 4.76. The van der Waals surface area contributed by atoms with Gasteiger partial charge in [-0.1, -0.05) is 24.3 Å². The number of carbonyl (C=O) groups excluding carboxylic acids is 1. The highest BCUT2D eigenvalue weighted by Gasteiger charge is 2.35. The predicted molar refractivity (Wildman–Crippen MR) is 118 cm³/mol. The molecule has 2 heterocycles. The smallest absolute Gasteiger partial charge is 0.316 e. The number of ether oxygens (including phenoxy) is 1. The summed E-state index contributed by atoms with van der Waals surface area (Å²) in [6.45, 7) is 0. The van der Waals surface area contributed by atoms with Crippen molar-refractivity contribution in [1.29, 1.82) is 0 Å². The molecule has 1 aliphatic carbocycles. The molecular weight excluding hydrogens is 430 g/mol. The third-order valence-corrected chi connectivity index (χ3v) is 6.89. The van der Waals surface area contributed by atoms with Gasteiger partial charge in [-0.3, -0.25) is 9.52 Å². The maximum Gasteiger partial charge on any atom is 0.316 e. The van der Waals surface area contributed by atoms with Crippen molar-refractivity contribution >= 4 is 21.8 Å². The minimum atomic E-state index is -1.70. The quantitative estimate of drug-likeness (QED) is 0.557. The van der Waals surface area contributed by atoms with Crippen LogP contribution in [-0.2, 0) is 22.2 Å². The minimum absolute atomic E-state index is 0.0982. The van der Waals surface area contributed by atoms with Gasteiger partial charge in [-0.2, -0.15) is 0 Å². The van der Waals surface area contributed by atoms with E-state index < -0.39 is 23.0 Å². The first-order chi connectivity index (χ1) is 15.5. The zero-order valence-electron chi connectivity index (χ0n) is 17.0. The lowest BCUT2D eigenvalue weighted by molar-refractivity contribution is -0.114. The Bertz CT molecular complexity index is 1290. The Morgan fingerprint density at radius 2 is 1.94 bits per heavy atom. The Morgan fingerprint density at radius 3 is 2.59 bits per heavy atom. The average molecular weight is 449 g/mol. The summed E-state index contributed by atoms with van der Waals surface area (Å²) < 4.78 is 19.4. The number of benzene rings is 2. The Hall–Kier alpha value is -3.56. The summed E-state index contributed by atoms with van der Waals surface area (Å²) >= 11 is 0. The number of phenols is 1.